The number of carboxylic acids is 1. The third-order valence-corrected chi connectivity index (χ3v) is 3.28. The summed E-state index contributed by atoms with van der Waals surface area (Å²) in [5.41, 5.74) is 0.0497. The molecule has 0 aliphatic carbocycles. The Balaban J connectivity index is 2.70. The van der Waals surface area contributed by atoms with Crippen molar-refractivity contribution >= 4 is 29.3 Å². The van der Waals surface area contributed by atoms with E-state index in [1.165, 1.54) is 23.9 Å². The van der Waals surface area contributed by atoms with E-state index in [4.69, 9.17) is 26.9 Å². The van der Waals surface area contributed by atoms with Crippen molar-refractivity contribution in [3.05, 3.63) is 28.8 Å². The van der Waals surface area contributed by atoms with Gasteiger partial charge in [-0.2, -0.15) is 0 Å². The van der Waals surface area contributed by atoms with Crippen LogP contribution in [-0.2, 0) is 0 Å². The highest BCUT2D eigenvalue weighted by Gasteiger charge is 2.10. The molecule has 0 amide bonds. The maximum absolute atomic E-state index is 10.7. The van der Waals surface area contributed by atoms with Crippen molar-refractivity contribution in [2.24, 2.45) is 0 Å². The lowest BCUT2D eigenvalue weighted by Gasteiger charge is -2.07. The van der Waals surface area contributed by atoms with E-state index in [-0.39, 0.29) is 17.2 Å². The minimum atomic E-state index is -1.07. The van der Waals surface area contributed by atoms with E-state index in [1.807, 2.05) is 0 Å². The number of carbonyl (C=O) groups is 1. The SMILES string of the molecule is O=C(O)c1ccc(SCC(O)CO)cc1Cl. The van der Waals surface area contributed by atoms with Gasteiger partial charge in [0, 0.05) is 10.6 Å². The van der Waals surface area contributed by atoms with Crippen LogP contribution in [0.4, 0.5) is 0 Å². The summed E-state index contributed by atoms with van der Waals surface area (Å²) in [5, 5.41) is 26.7. The average molecular weight is 263 g/mol. The van der Waals surface area contributed by atoms with E-state index in [9.17, 15) is 4.79 Å². The summed E-state index contributed by atoms with van der Waals surface area (Å²) in [5.74, 6) is -0.740. The van der Waals surface area contributed by atoms with Crippen molar-refractivity contribution in [1.82, 2.24) is 0 Å². The monoisotopic (exact) mass is 262 g/mol. The van der Waals surface area contributed by atoms with Crippen LogP contribution in [0.2, 0.25) is 5.02 Å². The third-order valence-electron chi connectivity index (χ3n) is 1.82. The molecule has 0 fully saturated rings. The number of carboxylic acid groups (broad SMARTS) is 1. The van der Waals surface area contributed by atoms with E-state index in [2.05, 4.69) is 0 Å². The predicted octanol–water partition coefficient (Wildman–Crippen LogP) is 1.48. The number of aliphatic hydroxyl groups is 2. The fourth-order valence-corrected chi connectivity index (χ4v) is 2.19. The summed E-state index contributed by atoms with van der Waals surface area (Å²) < 4.78 is 0. The van der Waals surface area contributed by atoms with Gasteiger partial charge in [-0.05, 0) is 18.2 Å². The highest BCUT2D eigenvalue weighted by atomic mass is 35.5. The molecule has 0 saturated carbocycles. The first-order chi connectivity index (χ1) is 7.54. The standard InChI is InChI=1S/C10H11ClO4S/c11-9-3-7(16-5-6(13)4-12)1-2-8(9)10(14)15/h1-3,6,12-13H,4-5H2,(H,14,15). The molecular formula is C10H11ClO4S. The summed E-state index contributed by atoms with van der Waals surface area (Å²) in [7, 11) is 0. The number of halogens is 1. The van der Waals surface area contributed by atoms with Gasteiger partial charge < -0.3 is 15.3 Å². The predicted molar refractivity (Wildman–Crippen MR) is 62.2 cm³/mol. The first-order valence-electron chi connectivity index (χ1n) is 4.49. The van der Waals surface area contributed by atoms with Crippen LogP contribution >= 0.6 is 23.4 Å². The number of benzene rings is 1. The molecule has 4 nitrogen and oxygen atoms in total. The molecule has 3 N–H and O–H groups in total. The lowest BCUT2D eigenvalue weighted by molar-refractivity contribution is 0.0697. The van der Waals surface area contributed by atoms with Gasteiger partial charge in [0.1, 0.15) is 0 Å². The molecule has 0 heterocycles. The number of aromatic carboxylic acids is 1. The van der Waals surface area contributed by atoms with Crippen molar-refractivity contribution < 1.29 is 20.1 Å². The maximum Gasteiger partial charge on any atom is 0.337 e. The minimum absolute atomic E-state index is 0.0497. The van der Waals surface area contributed by atoms with Crippen LogP contribution in [0.5, 0.6) is 0 Å². The zero-order valence-corrected chi connectivity index (χ0v) is 9.83. The Kier molecular flexibility index (Phi) is 5.08. The normalized spacial score (nSPS) is 12.4. The van der Waals surface area contributed by atoms with Gasteiger partial charge in [-0.3, -0.25) is 0 Å². The molecule has 0 aromatic heterocycles. The number of hydrogen-bond acceptors (Lipinski definition) is 4. The molecule has 0 saturated heterocycles. The van der Waals surface area contributed by atoms with Gasteiger partial charge in [-0.1, -0.05) is 11.6 Å². The topological polar surface area (TPSA) is 77.8 Å². The number of hydrogen-bond donors (Lipinski definition) is 3. The second-order valence-electron chi connectivity index (χ2n) is 3.09. The van der Waals surface area contributed by atoms with E-state index in [0.717, 1.165) is 4.90 Å². The van der Waals surface area contributed by atoms with Gasteiger partial charge in [-0.15, -0.1) is 11.8 Å². The molecule has 16 heavy (non-hydrogen) atoms. The van der Waals surface area contributed by atoms with Crippen molar-refractivity contribution in [3.63, 3.8) is 0 Å². The molecule has 0 aliphatic rings. The first-order valence-corrected chi connectivity index (χ1v) is 5.85. The molecule has 88 valence electrons. The van der Waals surface area contributed by atoms with E-state index >= 15 is 0 Å². The summed E-state index contributed by atoms with van der Waals surface area (Å²) in [6, 6.07) is 4.56. The van der Waals surface area contributed by atoms with Crippen LogP contribution in [0.1, 0.15) is 10.4 Å². The molecular weight excluding hydrogens is 252 g/mol. The molecule has 0 bridgehead atoms. The number of rotatable bonds is 5. The first kappa shape index (κ1) is 13.3. The number of thioether (sulfide) groups is 1. The Hall–Kier alpha value is -0.750. The van der Waals surface area contributed by atoms with E-state index in [0.29, 0.717) is 5.75 Å². The summed E-state index contributed by atoms with van der Waals surface area (Å²) >= 11 is 7.07. The lowest BCUT2D eigenvalue weighted by Crippen LogP contribution is -2.14. The highest BCUT2D eigenvalue weighted by Crippen LogP contribution is 2.25. The Morgan fingerprint density at radius 2 is 2.19 bits per heavy atom. The molecule has 0 radical (unpaired) electrons. The Morgan fingerprint density at radius 1 is 1.50 bits per heavy atom. The maximum atomic E-state index is 10.7. The van der Waals surface area contributed by atoms with Gasteiger partial charge in [0.05, 0.1) is 23.3 Å². The summed E-state index contributed by atoms with van der Waals surface area (Å²) in [6.07, 6.45) is -0.789. The smallest absolute Gasteiger partial charge is 0.337 e. The van der Waals surface area contributed by atoms with Crippen molar-refractivity contribution in [3.8, 4) is 0 Å². The van der Waals surface area contributed by atoms with Crippen molar-refractivity contribution in [1.29, 1.82) is 0 Å². The van der Waals surface area contributed by atoms with E-state index < -0.39 is 12.1 Å². The Morgan fingerprint density at radius 3 is 2.69 bits per heavy atom. The van der Waals surface area contributed by atoms with Gasteiger partial charge in [0.2, 0.25) is 0 Å². The zero-order chi connectivity index (χ0) is 12.1. The average Bonchev–Trinajstić information content (AvgIpc) is 2.25. The van der Waals surface area contributed by atoms with Crippen LogP contribution in [0, 0.1) is 0 Å². The van der Waals surface area contributed by atoms with Crippen LogP contribution in [0.15, 0.2) is 23.1 Å². The molecule has 6 heteroatoms. The molecule has 1 aromatic rings. The van der Waals surface area contributed by atoms with E-state index in [1.54, 1.807) is 6.07 Å². The highest BCUT2D eigenvalue weighted by molar-refractivity contribution is 7.99. The molecule has 0 spiro atoms. The van der Waals surface area contributed by atoms with Gasteiger partial charge in [0.25, 0.3) is 0 Å². The molecule has 1 rings (SSSR count). The molecule has 1 unspecified atom stereocenters. The largest absolute Gasteiger partial charge is 0.478 e. The quantitative estimate of drug-likeness (QED) is 0.701. The van der Waals surface area contributed by atoms with Crippen molar-refractivity contribution in [2.45, 2.75) is 11.0 Å². The Labute approximate surface area is 102 Å². The fraction of sp³-hybridized carbons (Fsp3) is 0.300. The number of aliphatic hydroxyl groups excluding tert-OH is 2. The second-order valence-corrected chi connectivity index (χ2v) is 4.59. The lowest BCUT2D eigenvalue weighted by atomic mass is 10.2. The van der Waals surface area contributed by atoms with Crippen LogP contribution in [0.3, 0.4) is 0 Å². The minimum Gasteiger partial charge on any atom is -0.478 e. The third kappa shape index (κ3) is 3.68. The molecule has 0 aliphatic heterocycles. The fourth-order valence-electron chi connectivity index (χ4n) is 1.00. The second kappa shape index (κ2) is 6.10. The Bertz CT molecular complexity index is 383. The molecule has 1 aromatic carbocycles. The van der Waals surface area contributed by atoms with Gasteiger partial charge in [-0.25, -0.2) is 4.79 Å². The summed E-state index contributed by atoms with van der Waals surface area (Å²) in [4.78, 5) is 11.4. The molecule has 1 atom stereocenters. The van der Waals surface area contributed by atoms with Crippen LogP contribution in [0.25, 0.3) is 0 Å². The van der Waals surface area contributed by atoms with Gasteiger partial charge in [0.15, 0.2) is 0 Å². The van der Waals surface area contributed by atoms with Crippen molar-refractivity contribution in [2.75, 3.05) is 12.4 Å². The van der Waals surface area contributed by atoms with Gasteiger partial charge >= 0.3 is 5.97 Å². The summed E-state index contributed by atoms with van der Waals surface area (Å²) in [6.45, 7) is -0.298. The van der Waals surface area contributed by atoms with Crippen LogP contribution in [-0.4, -0.2) is 39.8 Å². The zero-order valence-electron chi connectivity index (χ0n) is 8.26. The van der Waals surface area contributed by atoms with Crippen LogP contribution < -0.4 is 0 Å².